The van der Waals surface area contributed by atoms with E-state index in [0.717, 1.165) is 61.3 Å². The average molecular weight is 502 g/mol. The van der Waals surface area contributed by atoms with Gasteiger partial charge < -0.3 is 9.47 Å². The third kappa shape index (κ3) is 5.16. The lowest BCUT2D eigenvalue weighted by atomic mass is 9.95. The Kier molecular flexibility index (Phi) is 6.97. The van der Waals surface area contributed by atoms with Crippen LogP contribution in [0.1, 0.15) is 43.7 Å². The van der Waals surface area contributed by atoms with Crippen molar-refractivity contribution in [2.24, 2.45) is 0 Å². The van der Waals surface area contributed by atoms with Crippen LogP contribution in [0.25, 0.3) is 22.2 Å². The molecule has 0 radical (unpaired) electrons. The highest BCUT2D eigenvalue weighted by Crippen LogP contribution is 2.33. The van der Waals surface area contributed by atoms with E-state index in [1.807, 2.05) is 113 Å². The van der Waals surface area contributed by atoms with Gasteiger partial charge in [0.25, 0.3) is 0 Å². The molecule has 0 N–H and O–H groups in total. The highest BCUT2D eigenvalue weighted by atomic mass is 16.5. The van der Waals surface area contributed by atoms with E-state index in [-0.39, 0.29) is 5.97 Å². The minimum atomic E-state index is -0.382. The number of esters is 1. The van der Waals surface area contributed by atoms with Crippen LogP contribution in [0.15, 0.2) is 84.9 Å². The number of carbonyl (C=O) groups is 1. The quantitative estimate of drug-likeness (QED) is 0.174. The Morgan fingerprint density at radius 3 is 2.16 bits per heavy atom. The fourth-order valence-corrected chi connectivity index (χ4v) is 4.74. The first-order valence-corrected chi connectivity index (χ1v) is 12.8. The molecule has 0 amide bonds. The van der Waals surface area contributed by atoms with Crippen molar-refractivity contribution >= 4 is 16.9 Å². The van der Waals surface area contributed by atoms with Gasteiger partial charge in [0.05, 0.1) is 16.8 Å². The molecule has 1 aromatic heterocycles. The van der Waals surface area contributed by atoms with Crippen molar-refractivity contribution in [2.75, 3.05) is 0 Å². The van der Waals surface area contributed by atoms with E-state index in [4.69, 9.17) is 14.5 Å². The summed E-state index contributed by atoms with van der Waals surface area (Å²) in [6.07, 6.45) is 0. The van der Waals surface area contributed by atoms with Gasteiger partial charge in [-0.2, -0.15) is 0 Å². The minimum Gasteiger partial charge on any atom is -0.489 e. The number of benzene rings is 4. The maximum absolute atomic E-state index is 13.7. The first kappa shape index (κ1) is 25.2. The lowest BCUT2D eigenvalue weighted by Crippen LogP contribution is -2.13. The molecule has 0 unspecified atom stereocenters. The van der Waals surface area contributed by atoms with Crippen LogP contribution in [0.4, 0.5) is 0 Å². The van der Waals surface area contributed by atoms with E-state index < -0.39 is 0 Å². The second-order valence-corrected chi connectivity index (χ2v) is 9.87. The summed E-state index contributed by atoms with van der Waals surface area (Å²) in [5.41, 5.74) is 9.23. The van der Waals surface area contributed by atoms with E-state index in [1.54, 1.807) is 0 Å². The summed E-state index contributed by atoms with van der Waals surface area (Å²) < 4.78 is 11.9. The third-order valence-electron chi connectivity index (χ3n) is 6.94. The van der Waals surface area contributed by atoms with Crippen molar-refractivity contribution in [3.05, 3.63) is 124 Å². The van der Waals surface area contributed by atoms with Crippen molar-refractivity contribution in [3.63, 3.8) is 0 Å². The Labute approximate surface area is 223 Å². The van der Waals surface area contributed by atoms with Crippen LogP contribution in [-0.2, 0) is 6.61 Å². The average Bonchev–Trinajstić information content (AvgIpc) is 2.90. The molecule has 0 aliphatic rings. The van der Waals surface area contributed by atoms with Crippen molar-refractivity contribution < 1.29 is 14.3 Å². The molecule has 4 heteroatoms. The van der Waals surface area contributed by atoms with E-state index in [2.05, 4.69) is 6.07 Å². The van der Waals surface area contributed by atoms with E-state index in [1.165, 1.54) is 0 Å². The number of carbonyl (C=O) groups excluding carboxylic acids is 1. The van der Waals surface area contributed by atoms with Gasteiger partial charge in [0, 0.05) is 10.9 Å². The standard InChI is InChI=1S/C34H31NO3/c1-21-17-24(4)32-30(18-21)31(34(36)38-29-14-11-22(2)23(3)19-29)25(5)33(35-32)27-12-15-28(16-13-27)37-20-26-9-7-6-8-10-26/h6-19H,20H2,1-5H3. The van der Waals surface area contributed by atoms with Crippen LogP contribution in [0.5, 0.6) is 11.5 Å². The molecule has 5 rings (SSSR count). The number of hydrogen-bond donors (Lipinski definition) is 0. The van der Waals surface area contributed by atoms with Gasteiger partial charge in [0.1, 0.15) is 18.1 Å². The molecule has 0 bridgehead atoms. The molecule has 4 aromatic carbocycles. The Morgan fingerprint density at radius 1 is 0.737 bits per heavy atom. The lowest BCUT2D eigenvalue weighted by molar-refractivity contribution is 0.0736. The molecule has 4 nitrogen and oxygen atoms in total. The summed E-state index contributed by atoms with van der Waals surface area (Å²) in [7, 11) is 0. The Morgan fingerprint density at radius 2 is 1.45 bits per heavy atom. The number of aryl methyl sites for hydroxylation is 4. The second-order valence-electron chi connectivity index (χ2n) is 9.87. The number of ether oxygens (including phenoxy) is 2. The van der Waals surface area contributed by atoms with Gasteiger partial charge in [-0.3, -0.25) is 0 Å². The van der Waals surface area contributed by atoms with Gasteiger partial charge in [-0.15, -0.1) is 0 Å². The molecule has 0 aliphatic carbocycles. The van der Waals surface area contributed by atoms with E-state index in [0.29, 0.717) is 17.9 Å². The molecular formula is C34H31NO3. The predicted octanol–water partition coefficient (Wildman–Crippen LogP) is 8.24. The van der Waals surface area contributed by atoms with Crippen LogP contribution in [0.2, 0.25) is 0 Å². The van der Waals surface area contributed by atoms with Crippen LogP contribution >= 0.6 is 0 Å². The normalized spacial score (nSPS) is 11.0. The fourth-order valence-electron chi connectivity index (χ4n) is 4.74. The molecule has 190 valence electrons. The SMILES string of the molecule is Cc1cc(C)c2nc(-c3ccc(OCc4ccccc4)cc3)c(C)c(C(=O)Oc3ccc(C)c(C)c3)c2c1. The molecular weight excluding hydrogens is 470 g/mol. The molecule has 0 atom stereocenters. The zero-order valence-corrected chi connectivity index (χ0v) is 22.5. The van der Waals surface area contributed by atoms with Gasteiger partial charge in [-0.1, -0.05) is 48.0 Å². The topological polar surface area (TPSA) is 48.4 Å². The van der Waals surface area contributed by atoms with E-state index >= 15 is 0 Å². The first-order chi connectivity index (χ1) is 18.3. The van der Waals surface area contributed by atoms with Crippen LogP contribution < -0.4 is 9.47 Å². The van der Waals surface area contributed by atoms with Crippen LogP contribution in [-0.4, -0.2) is 11.0 Å². The molecule has 0 saturated carbocycles. The molecule has 0 saturated heterocycles. The number of hydrogen-bond acceptors (Lipinski definition) is 4. The second kappa shape index (κ2) is 10.5. The van der Waals surface area contributed by atoms with Crippen LogP contribution in [0.3, 0.4) is 0 Å². The zero-order valence-electron chi connectivity index (χ0n) is 22.5. The maximum atomic E-state index is 13.7. The largest absolute Gasteiger partial charge is 0.489 e. The molecule has 0 aliphatic heterocycles. The third-order valence-corrected chi connectivity index (χ3v) is 6.94. The van der Waals surface area contributed by atoms with Gasteiger partial charge in [-0.05, 0) is 105 Å². The maximum Gasteiger partial charge on any atom is 0.344 e. The highest BCUT2D eigenvalue weighted by molar-refractivity contribution is 6.08. The predicted molar refractivity (Wildman–Crippen MR) is 153 cm³/mol. The molecule has 38 heavy (non-hydrogen) atoms. The summed E-state index contributed by atoms with van der Waals surface area (Å²) in [6.45, 7) is 10.6. The smallest absolute Gasteiger partial charge is 0.344 e. The summed E-state index contributed by atoms with van der Waals surface area (Å²) in [4.78, 5) is 18.7. The van der Waals surface area contributed by atoms with Crippen molar-refractivity contribution in [1.82, 2.24) is 4.98 Å². The monoisotopic (exact) mass is 501 g/mol. The number of nitrogens with zero attached hydrogens (tertiary/aromatic N) is 1. The Balaban J connectivity index is 1.53. The van der Waals surface area contributed by atoms with Gasteiger partial charge in [0.15, 0.2) is 0 Å². The minimum absolute atomic E-state index is 0.382. The molecule has 5 aromatic rings. The number of rotatable bonds is 6. The number of pyridine rings is 1. The molecule has 0 fully saturated rings. The Bertz CT molecular complexity index is 1640. The zero-order chi connectivity index (χ0) is 26.8. The van der Waals surface area contributed by atoms with Gasteiger partial charge >= 0.3 is 5.97 Å². The first-order valence-electron chi connectivity index (χ1n) is 12.8. The summed E-state index contributed by atoms with van der Waals surface area (Å²) >= 11 is 0. The number of aromatic nitrogens is 1. The Hall–Kier alpha value is -4.44. The molecule has 1 heterocycles. The van der Waals surface area contributed by atoms with Crippen molar-refractivity contribution in [2.45, 2.75) is 41.2 Å². The van der Waals surface area contributed by atoms with Gasteiger partial charge in [-0.25, -0.2) is 9.78 Å². The fraction of sp³-hybridized carbons (Fsp3) is 0.176. The summed E-state index contributed by atoms with van der Waals surface area (Å²) in [6, 6.07) is 27.8. The van der Waals surface area contributed by atoms with Crippen LogP contribution in [0, 0.1) is 34.6 Å². The highest BCUT2D eigenvalue weighted by Gasteiger charge is 2.22. The number of fused-ring (bicyclic) bond motifs is 1. The molecule has 0 spiro atoms. The summed E-state index contributed by atoms with van der Waals surface area (Å²) in [5.74, 6) is 0.928. The van der Waals surface area contributed by atoms with Gasteiger partial charge in [0.2, 0.25) is 0 Å². The van der Waals surface area contributed by atoms with E-state index in [9.17, 15) is 4.79 Å². The lowest BCUT2D eigenvalue weighted by Gasteiger charge is -2.16. The van der Waals surface area contributed by atoms with Crippen molar-refractivity contribution in [1.29, 1.82) is 0 Å². The van der Waals surface area contributed by atoms with Crippen molar-refractivity contribution in [3.8, 4) is 22.8 Å². The summed E-state index contributed by atoms with van der Waals surface area (Å²) in [5, 5.41) is 0.806.